The second-order valence-corrected chi connectivity index (χ2v) is 5.00. The van der Waals surface area contributed by atoms with E-state index in [0.29, 0.717) is 13.2 Å². The summed E-state index contributed by atoms with van der Waals surface area (Å²) in [5.74, 6) is 1.67. The summed E-state index contributed by atoms with van der Waals surface area (Å²) in [6.07, 6.45) is 2.68. The Hall–Kier alpha value is -2.56. The topological polar surface area (TPSA) is 58.5 Å². The largest absolute Gasteiger partial charge is 0.494 e. The van der Waals surface area contributed by atoms with Gasteiger partial charge in [0.25, 0.3) is 0 Å². The lowest BCUT2D eigenvalue weighted by Gasteiger charge is -2.12. The zero-order valence-electron chi connectivity index (χ0n) is 13.7. The SMILES string of the molecule is CCOc1cccc(CNC(=NC)NCCc2ccccn2)c1. The number of rotatable bonds is 7. The Balaban J connectivity index is 1.77. The van der Waals surface area contributed by atoms with Crippen LogP contribution in [0.3, 0.4) is 0 Å². The predicted octanol–water partition coefficient (Wildman–Crippen LogP) is 2.39. The van der Waals surface area contributed by atoms with Crippen molar-refractivity contribution in [2.45, 2.75) is 19.9 Å². The number of hydrogen-bond acceptors (Lipinski definition) is 3. The van der Waals surface area contributed by atoms with Gasteiger partial charge in [0.05, 0.1) is 6.61 Å². The van der Waals surface area contributed by atoms with Crippen LogP contribution in [-0.4, -0.2) is 31.1 Å². The predicted molar refractivity (Wildman–Crippen MR) is 93.8 cm³/mol. The van der Waals surface area contributed by atoms with Crippen molar-refractivity contribution in [2.24, 2.45) is 4.99 Å². The van der Waals surface area contributed by atoms with Crippen LogP contribution in [0.4, 0.5) is 0 Å². The molecule has 0 aliphatic heterocycles. The number of nitrogens with zero attached hydrogens (tertiary/aromatic N) is 2. The van der Waals surface area contributed by atoms with Gasteiger partial charge in [-0.05, 0) is 36.8 Å². The van der Waals surface area contributed by atoms with E-state index in [4.69, 9.17) is 4.74 Å². The van der Waals surface area contributed by atoms with Gasteiger partial charge in [0.15, 0.2) is 5.96 Å². The molecule has 0 unspecified atom stereocenters. The summed E-state index contributed by atoms with van der Waals surface area (Å²) in [7, 11) is 1.77. The maximum atomic E-state index is 5.51. The Bertz CT molecular complexity index is 613. The smallest absolute Gasteiger partial charge is 0.191 e. The molecule has 0 aliphatic rings. The number of hydrogen-bond donors (Lipinski definition) is 2. The Morgan fingerprint density at radius 1 is 1.17 bits per heavy atom. The molecule has 0 radical (unpaired) electrons. The molecular weight excluding hydrogens is 288 g/mol. The third kappa shape index (κ3) is 5.98. The normalized spacial score (nSPS) is 11.1. The highest BCUT2D eigenvalue weighted by molar-refractivity contribution is 5.79. The van der Waals surface area contributed by atoms with Gasteiger partial charge in [-0.25, -0.2) is 0 Å². The number of aromatic nitrogens is 1. The van der Waals surface area contributed by atoms with E-state index >= 15 is 0 Å². The third-order valence-electron chi connectivity index (χ3n) is 3.29. The molecule has 0 fully saturated rings. The van der Waals surface area contributed by atoms with Crippen molar-refractivity contribution >= 4 is 5.96 Å². The molecule has 5 heteroatoms. The molecule has 2 aromatic rings. The first-order valence-corrected chi connectivity index (χ1v) is 7.88. The van der Waals surface area contributed by atoms with Gasteiger partial charge in [-0.2, -0.15) is 0 Å². The second kappa shape index (κ2) is 9.46. The van der Waals surface area contributed by atoms with Crippen molar-refractivity contribution in [3.63, 3.8) is 0 Å². The Morgan fingerprint density at radius 2 is 2.09 bits per heavy atom. The molecule has 0 amide bonds. The van der Waals surface area contributed by atoms with Gasteiger partial charge >= 0.3 is 0 Å². The first-order chi connectivity index (χ1) is 11.3. The van der Waals surface area contributed by atoms with Crippen molar-refractivity contribution in [1.82, 2.24) is 15.6 Å². The van der Waals surface area contributed by atoms with E-state index in [1.165, 1.54) is 0 Å². The zero-order valence-corrected chi connectivity index (χ0v) is 13.7. The molecule has 0 saturated heterocycles. The average molecular weight is 312 g/mol. The molecule has 1 aromatic carbocycles. The number of aliphatic imine (C=N–C) groups is 1. The lowest BCUT2D eigenvalue weighted by molar-refractivity contribution is 0.340. The molecule has 0 aliphatic carbocycles. The summed E-state index contributed by atoms with van der Waals surface area (Å²) in [5.41, 5.74) is 2.23. The van der Waals surface area contributed by atoms with Crippen LogP contribution in [0, 0.1) is 0 Å². The molecule has 2 rings (SSSR count). The molecule has 23 heavy (non-hydrogen) atoms. The van der Waals surface area contributed by atoms with E-state index in [9.17, 15) is 0 Å². The van der Waals surface area contributed by atoms with Crippen LogP contribution in [0.15, 0.2) is 53.7 Å². The van der Waals surface area contributed by atoms with Crippen LogP contribution in [0.5, 0.6) is 5.75 Å². The minimum absolute atomic E-state index is 0.674. The Labute approximate surface area is 137 Å². The zero-order chi connectivity index (χ0) is 16.3. The number of pyridine rings is 1. The summed E-state index contributed by atoms with van der Waals surface area (Å²) in [6.45, 7) is 4.14. The summed E-state index contributed by atoms with van der Waals surface area (Å²) in [5, 5.41) is 6.60. The van der Waals surface area contributed by atoms with Gasteiger partial charge in [0, 0.05) is 38.4 Å². The van der Waals surface area contributed by atoms with Gasteiger partial charge in [-0.15, -0.1) is 0 Å². The number of benzene rings is 1. The monoisotopic (exact) mass is 312 g/mol. The molecule has 5 nitrogen and oxygen atoms in total. The maximum absolute atomic E-state index is 5.51. The fourth-order valence-corrected chi connectivity index (χ4v) is 2.17. The summed E-state index contributed by atoms with van der Waals surface area (Å²) < 4.78 is 5.51. The molecular formula is C18H24N4O. The molecule has 0 spiro atoms. The van der Waals surface area contributed by atoms with Crippen LogP contribution in [-0.2, 0) is 13.0 Å². The van der Waals surface area contributed by atoms with Gasteiger partial charge in [0.2, 0.25) is 0 Å². The Kier molecular flexibility index (Phi) is 6.91. The van der Waals surface area contributed by atoms with E-state index in [-0.39, 0.29) is 0 Å². The van der Waals surface area contributed by atoms with Gasteiger partial charge in [-0.1, -0.05) is 18.2 Å². The van der Waals surface area contributed by atoms with Gasteiger partial charge in [-0.3, -0.25) is 9.98 Å². The molecule has 122 valence electrons. The lowest BCUT2D eigenvalue weighted by Crippen LogP contribution is -2.37. The summed E-state index contributed by atoms with van der Waals surface area (Å²) in [4.78, 5) is 8.54. The van der Waals surface area contributed by atoms with Crippen LogP contribution < -0.4 is 15.4 Å². The van der Waals surface area contributed by atoms with Crippen molar-refractivity contribution in [3.8, 4) is 5.75 Å². The van der Waals surface area contributed by atoms with Gasteiger partial charge < -0.3 is 15.4 Å². The molecule has 0 saturated carbocycles. The number of guanidine groups is 1. The molecule has 0 bridgehead atoms. The van der Waals surface area contributed by atoms with E-state index in [0.717, 1.165) is 35.9 Å². The van der Waals surface area contributed by atoms with Crippen molar-refractivity contribution in [1.29, 1.82) is 0 Å². The van der Waals surface area contributed by atoms with Crippen molar-refractivity contribution in [3.05, 3.63) is 59.9 Å². The van der Waals surface area contributed by atoms with E-state index in [1.807, 2.05) is 49.5 Å². The van der Waals surface area contributed by atoms with E-state index in [2.05, 4.69) is 26.7 Å². The van der Waals surface area contributed by atoms with E-state index < -0.39 is 0 Å². The summed E-state index contributed by atoms with van der Waals surface area (Å²) >= 11 is 0. The quantitative estimate of drug-likeness (QED) is 0.609. The first kappa shape index (κ1) is 16.8. The van der Waals surface area contributed by atoms with Crippen LogP contribution in [0.2, 0.25) is 0 Å². The van der Waals surface area contributed by atoms with Crippen LogP contribution >= 0.6 is 0 Å². The second-order valence-electron chi connectivity index (χ2n) is 5.00. The highest BCUT2D eigenvalue weighted by Crippen LogP contribution is 2.12. The fraction of sp³-hybridized carbons (Fsp3) is 0.333. The number of nitrogens with one attached hydrogen (secondary N) is 2. The minimum Gasteiger partial charge on any atom is -0.494 e. The van der Waals surface area contributed by atoms with Crippen LogP contribution in [0.25, 0.3) is 0 Å². The first-order valence-electron chi connectivity index (χ1n) is 7.88. The average Bonchev–Trinajstić information content (AvgIpc) is 2.59. The lowest BCUT2D eigenvalue weighted by atomic mass is 10.2. The standard InChI is InChI=1S/C18H24N4O/c1-3-23-17-9-6-7-15(13-17)14-22-18(19-2)21-12-10-16-8-4-5-11-20-16/h4-9,11,13H,3,10,12,14H2,1-2H3,(H2,19,21,22). The Morgan fingerprint density at radius 3 is 2.83 bits per heavy atom. The molecule has 0 atom stereocenters. The van der Waals surface area contributed by atoms with Gasteiger partial charge in [0.1, 0.15) is 5.75 Å². The van der Waals surface area contributed by atoms with Crippen LogP contribution in [0.1, 0.15) is 18.2 Å². The third-order valence-corrected chi connectivity index (χ3v) is 3.29. The van der Waals surface area contributed by atoms with E-state index in [1.54, 1.807) is 7.05 Å². The summed E-state index contributed by atoms with van der Waals surface area (Å²) in [6, 6.07) is 14.0. The molecule has 1 aromatic heterocycles. The maximum Gasteiger partial charge on any atom is 0.191 e. The fourth-order valence-electron chi connectivity index (χ4n) is 2.17. The van der Waals surface area contributed by atoms with Crippen molar-refractivity contribution in [2.75, 3.05) is 20.2 Å². The highest BCUT2D eigenvalue weighted by Gasteiger charge is 2.00. The molecule has 2 N–H and O–H groups in total. The number of ether oxygens (including phenoxy) is 1. The minimum atomic E-state index is 0.674. The molecule has 1 heterocycles. The van der Waals surface area contributed by atoms with Crippen molar-refractivity contribution < 1.29 is 4.74 Å². The highest BCUT2D eigenvalue weighted by atomic mass is 16.5.